The van der Waals surface area contributed by atoms with Crippen LogP contribution >= 0.6 is 11.3 Å². The molecule has 3 heterocycles. The average molecular weight is 314 g/mol. The molecule has 2 aromatic rings. The lowest BCUT2D eigenvalue weighted by atomic mass is 10.1. The van der Waals surface area contributed by atoms with Crippen molar-refractivity contribution in [2.75, 3.05) is 11.9 Å². The maximum Gasteiger partial charge on any atom is 0.330 e. The molecule has 6 heteroatoms. The third-order valence-electron chi connectivity index (χ3n) is 3.11. The second-order valence-electron chi connectivity index (χ2n) is 4.61. The maximum atomic E-state index is 12.0. The molecule has 3 rings (SSSR count). The summed E-state index contributed by atoms with van der Waals surface area (Å²) in [6.45, 7) is 2.11. The minimum absolute atomic E-state index is 0.114. The Morgan fingerprint density at radius 2 is 2.32 bits per heavy atom. The smallest absolute Gasteiger partial charge is 0.330 e. The number of nitrogens with one attached hydrogen (secondary N) is 2. The standard InChI is InChI=1S/C16H14N2O3S/c1-2-21-14(19)6-5-11-9-13-12(8-10-4-3-7-17-10)15(20)18-16(13)22-11/h3-9,17H,2H2,1H3,(H,18,20). The van der Waals surface area contributed by atoms with Crippen LogP contribution in [0.3, 0.4) is 0 Å². The number of aromatic amines is 1. The van der Waals surface area contributed by atoms with Crippen LogP contribution in [0.2, 0.25) is 0 Å². The number of ether oxygens (including phenoxy) is 1. The van der Waals surface area contributed by atoms with Gasteiger partial charge in [0.25, 0.3) is 5.91 Å². The summed E-state index contributed by atoms with van der Waals surface area (Å²) in [5.41, 5.74) is 2.34. The highest BCUT2D eigenvalue weighted by atomic mass is 32.1. The number of amides is 1. The molecule has 112 valence electrons. The van der Waals surface area contributed by atoms with Crippen LogP contribution in [0, 0.1) is 0 Å². The van der Waals surface area contributed by atoms with E-state index in [1.807, 2.05) is 24.3 Å². The molecule has 0 bridgehead atoms. The molecule has 0 unspecified atom stereocenters. The van der Waals surface area contributed by atoms with Crippen molar-refractivity contribution in [2.24, 2.45) is 0 Å². The lowest BCUT2D eigenvalue weighted by Crippen LogP contribution is -2.03. The van der Waals surface area contributed by atoms with E-state index in [1.54, 1.807) is 19.2 Å². The maximum absolute atomic E-state index is 12.0. The van der Waals surface area contributed by atoms with Crippen molar-refractivity contribution < 1.29 is 14.3 Å². The number of thiophene rings is 1. The molecule has 1 aliphatic heterocycles. The first-order chi connectivity index (χ1) is 10.7. The van der Waals surface area contributed by atoms with Crippen molar-refractivity contribution >= 4 is 45.9 Å². The molecule has 2 aromatic heterocycles. The number of esters is 1. The van der Waals surface area contributed by atoms with E-state index in [-0.39, 0.29) is 11.9 Å². The van der Waals surface area contributed by atoms with Crippen LogP contribution in [-0.4, -0.2) is 23.5 Å². The van der Waals surface area contributed by atoms with Crippen LogP contribution in [-0.2, 0) is 14.3 Å². The van der Waals surface area contributed by atoms with Crippen molar-refractivity contribution in [1.29, 1.82) is 0 Å². The second kappa shape index (κ2) is 6.03. The molecule has 1 amide bonds. The summed E-state index contributed by atoms with van der Waals surface area (Å²) < 4.78 is 4.84. The summed E-state index contributed by atoms with van der Waals surface area (Å²) >= 11 is 1.42. The normalized spacial score (nSPS) is 15.3. The largest absolute Gasteiger partial charge is 0.463 e. The molecular formula is C16H14N2O3S. The summed E-state index contributed by atoms with van der Waals surface area (Å²) in [7, 11) is 0. The van der Waals surface area contributed by atoms with Crippen LogP contribution in [0.15, 0.2) is 30.5 Å². The number of rotatable bonds is 4. The molecular weight excluding hydrogens is 300 g/mol. The van der Waals surface area contributed by atoms with E-state index in [2.05, 4.69) is 10.3 Å². The van der Waals surface area contributed by atoms with E-state index in [0.29, 0.717) is 12.2 Å². The Morgan fingerprint density at radius 3 is 3.05 bits per heavy atom. The predicted molar refractivity (Wildman–Crippen MR) is 87.3 cm³/mol. The van der Waals surface area contributed by atoms with Gasteiger partial charge >= 0.3 is 5.97 Å². The molecule has 1 aliphatic rings. The Morgan fingerprint density at radius 1 is 1.45 bits per heavy atom. The average Bonchev–Trinajstić information content (AvgIpc) is 3.17. The molecule has 0 aliphatic carbocycles. The Balaban J connectivity index is 1.86. The summed E-state index contributed by atoms with van der Waals surface area (Å²) in [4.78, 5) is 27.3. The number of carbonyl (C=O) groups is 2. The SMILES string of the molecule is CCOC(=O)C=Cc1cc2c(s1)NC(=O)C2=Cc1ccc[nH]1. The highest BCUT2D eigenvalue weighted by Crippen LogP contribution is 2.40. The van der Waals surface area contributed by atoms with Crippen LogP contribution in [0.5, 0.6) is 0 Å². The Kier molecular flexibility index (Phi) is 3.93. The Bertz CT molecular complexity index is 769. The van der Waals surface area contributed by atoms with Gasteiger partial charge < -0.3 is 15.0 Å². The molecule has 0 fully saturated rings. The fraction of sp³-hybridized carbons (Fsp3) is 0.125. The van der Waals surface area contributed by atoms with E-state index in [1.165, 1.54) is 17.4 Å². The third-order valence-corrected chi connectivity index (χ3v) is 4.12. The molecule has 0 aromatic carbocycles. The van der Waals surface area contributed by atoms with Crippen molar-refractivity contribution in [3.8, 4) is 0 Å². The lowest BCUT2D eigenvalue weighted by Gasteiger charge is -1.95. The second-order valence-corrected chi connectivity index (χ2v) is 5.70. The monoisotopic (exact) mass is 314 g/mol. The van der Waals surface area contributed by atoms with Crippen LogP contribution < -0.4 is 5.32 Å². The van der Waals surface area contributed by atoms with Crippen LogP contribution in [0.25, 0.3) is 17.7 Å². The zero-order valence-electron chi connectivity index (χ0n) is 11.9. The van der Waals surface area contributed by atoms with E-state index < -0.39 is 0 Å². The molecule has 22 heavy (non-hydrogen) atoms. The van der Waals surface area contributed by atoms with Crippen molar-refractivity contribution in [1.82, 2.24) is 4.98 Å². The highest BCUT2D eigenvalue weighted by molar-refractivity contribution is 7.17. The predicted octanol–water partition coefficient (Wildman–Crippen LogP) is 3.15. The van der Waals surface area contributed by atoms with Gasteiger partial charge in [-0.1, -0.05) is 0 Å². The van der Waals surface area contributed by atoms with Gasteiger partial charge in [-0.05, 0) is 37.3 Å². The number of fused-ring (bicyclic) bond motifs is 1. The molecule has 2 N–H and O–H groups in total. The number of H-pyrrole nitrogens is 1. The fourth-order valence-electron chi connectivity index (χ4n) is 2.15. The van der Waals surface area contributed by atoms with E-state index in [9.17, 15) is 9.59 Å². The van der Waals surface area contributed by atoms with Gasteiger partial charge in [0, 0.05) is 28.4 Å². The zero-order valence-corrected chi connectivity index (χ0v) is 12.7. The summed E-state index contributed by atoms with van der Waals surface area (Å²) in [6, 6.07) is 5.66. The lowest BCUT2D eigenvalue weighted by molar-refractivity contribution is -0.137. The first-order valence-corrected chi connectivity index (χ1v) is 7.64. The third kappa shape index (κ3) is 2.87. The van der Waals surface area contributed by atoms with Crippen molar-refractivity contribution in [3.63, 3.8) is 0 Å². The van der Waals surface area contributed by atoms with Crippen molar-refractivity contribution in [2.45, 2.75) is 6.92 Å². The molecule has 0 radical (unpaired) electrons. The van der Waals surface area contributed by atoms with Crippen LogP contribution in [0.1, 0.15) is 23.1 Å². The number of hydrogen-bond acceptors (Lipinski definition) is 4. The molecule has 0 saturated heterocycles. The topological polar surface area (TPSA) is 71.2 Å². The number of aromatic nitrogens is 1. The van der Waals surface area contributed by atoms with Gasteiger partial charge in [0.1, 0.15) is 5.00 Å². The minimum Gasteiger partial charge on any atom is -0.463 e. The number of hydrogen-bond donors (Lipinski definition) is 2. The minimum atomic E-state index is -0.373. The quantitative estimate of drug-likeness (QED) is 0.673. The van der Waals surface area contributed by atoms with E-state index in [0.717, 1.165) is 21.1 Å². The summed E-state index contributed by atoms with van der Waals surface area (Å²) in [5.74, 6) is -0.487. The molecule has 0 saturated carbocycles. The van der Waals surface area contributed by atoms with E-state index in [4.69, 9.17) is 4.74 Å². The summed E-state index contributed by atoms with van der Waals surface area (Å²) in [5, 5.41) is 3.64. The number of carbonyl (C=O) groups excluding carboxylic acids is 2. The van der Waals surface area contributed by atoms with Gasteiger partial charge in [-0.2, -0.15) is 0 Å². The van der Waals surface area contributed by atoms with Gasteiger partial charge in [0.2, 0.25) is 0 Å². The van der Waals surface area contributed by atoms with Gasteiger partial charge in [-0.25, -0.2) is 4.79 Å². The summed E-state index contributed by atoms with van der Waals surface area (Å²) in [6.07, 6.45) is 6.70. The number of anilines is 1. The Hall–Kier alpha value is -2.60. The molecule has 0 spiro atoms. The first kappa shape index (κ1) is 14.3. The Labute approximate surface area is 131 Å². The van der Waals surface area contributed by atoms with Crippen molar-refractivity contribution in [3.05, 3.63) is 46.6 Å². The molecule has 0 atom stereocenters. The van der Waals surface area contributed by atoms with Gasteiger partial charge in [-0.15, -0.1) is 11.3 Å². The van der Waals surface area contributed by atoms with Crippen LogP contribution in [0.4, 0.5) is 5.00 Å². The first-order valence-electron chi connectivity index (χ1n) is 6.83. The van der Waals surface area contributed by atoms with E-state index >= 15 is 0 Å². The fourth-order valence-corrected chi connectivity index (χ4v) is 3.12. The molecule has 5 nitrogen and oxygen atoms in total. The van der Waals surface area contributed by atoms with Gasteiger partial charge in [0.15, 0.2) is 0 Å². The van der Waals surface area contributed by atoms with Gasteiger partial charge in [0.05, 0.1) is 12.2 Å². The van der Waals surface area contributed by atoms with Gasteiger partial charge in [-0.3, -0.25) is 4.79 Å². The zero-order chi connectivity index (χ0) is 15.5. The highest BCUT2D eigenvalue weighted by Gasteiger charge is 2.26.